The van der Waals surface area contributed by atoms with E-state index in [1.807, 2.05) is 0 Å². The highest BCUT2D eigenvalue weighted by Crippen LogP contribution is 2.34. The number of alkyl halides is 3. The second-order valence-electron chi connectivity index (χ2n) is 6.42. The summed E-state index contributed by atoms with van der Waals surface area (Å²) in [7, 11) is 0. The molecule has 3 aromatic rings. The molecule has 28 heavy (non-hydrogen) atoms. The molecule has 1 aromatic carbocycles. The molecule has 4 rings (SSSR count). The van der Waals surface area contributed by atoms with Gasteiger partial charge in [0, 0.05) is 24.3 Å². The van der Waals surface area contributed by atoms with Gasteiger partial charge in [-0.2, -0.15) is 13.2 Å². The molecule has 1 amide bonds. The van der Waals surface area contributed by atoms with Crippen molar-refractivity contribution in [2.75, 3.05) is 18.4 Å². The first kappa shape index (κ1) is 18.6. The normalized spacial score (nSPS) is 17.0. The average Bonchev–Trinajstić information content (AvgIpc) is 3.29. The maximum atomic E-state index is 12.9. The van der Waals surface area contributed by atoms with E-state index in [-0.39, 0.29) is 11.9 Å². The van der Waals surface area contributed by atoms with Gasteiger partial charge in [-0.15, -0.1) is 0 Å². The third-order valence-corrected chi connectivity index (χ3v) is 5.30. The minimum Gasteiger partial charge on any atom is -0.348 e. The molecule has 3 N–H and O–H groups in total. The van der Waals surface area contributed by atoms with Gasteiger partial charge in [-0.3, -0.25) is 4.79 Å². The predicted octanol–water partition coefficient (Wildman–Crippen LogP) is 3.55. The summed E-state index contributed by atoms with van der Waals surface area (Å²) >= 11 is 1.09. The fourth-order valence-electron chi connectivity index (χ4n) is 2.95. The minimum atomic E-state index is -4.40. The Bertz CT molecular complexity index is 1010. The molecule has 0 aliphatic carbocycles. The summed E-state index contributed by atoms with van der Waals surface area (Å²) in [6.07, 6.45) is -2.02. The number of hydrogen-bond donors (Lipinski definition) is 3. The predicted molar refractivity (Wildman–Crippen MR) is 101 cm³/mol. The Morgan fingerprint density at radius 3 is 2.86 bits per heavy atom. The smallest absolute Gasteiger partial charge is 0.348 e. The van der Waals surface area contributed by atoms with Gasteiger partial charge in [0.1, 0.15) is 5.82 Å². The molecule has 0 saturated carbocycles. The van der Waals surface area contributed by atoms with Crippen LogP contribution in [0.15, 0.2) is 36.5 Å². The molecule has 10 heteroatoms. The van der Waals surface area contributed by atoms with Crippen molar-refractivity contribution < 1.29 is 18.0 Å². The quantitative estimate of drug-likeness (QED) is 0.617. The van der Waals surface area contributed by atoms with Gasteiger partial charge in [-0.25, -0.2) is 9.97 Å². The van der Waals surface area contributed by atoms with Gasteiger partial charge in [-0.1, -0.05) is 11.3 Å². The number of thiazole rings is 1. The van der Waals surface area contributed by atoms with Crippen molar-refractivity contribution in [1.29, 1.82) is 0 Å². The monoisotopic (exact) mass is 407 g/mol. The maximum absolute atomic E-state index is 12.9. The number of nitrogens with zero attached hydrogens (tertiary/aromatic N) is 2. The number of anilines is 2. The molecule has 6 nitrogen and oxygen atoms in total. The summed E-state index contributed by atoms with van der Waals surface area (Å²) < 4.78 is 39.0. The van der Waals surface area contributed by atoms with Crippen molar-refractivity contribution in [3.05, 3.63) is 47.7 Å². The molecular formula is C18H16F3N5OS. The van der Waals surface area contributed by atoms with Crippen LogP contribution in [0.25, 0.3) is 10.2 Å². The van der Waals surface area contributed by atoms with Crippen LogP contribution in [-0.2, 0) is 6.18 Å². The largest absolute Gasteiger partial charge is 0.416 e. The van der Waals surface area contributed by atoms with Crippen molar-refractivity contribution in [1.82, 2.24) is 20.6 Å². The Morgan fingerprint density at radius 2 is 2.11 bits per heavy atom. The molecule has 1 aliphatic rings. The van der Waals surface area contributed by atoms with Crippen molar-refractivity contribution >= 4 is 38.4 Å². The van der Waals surface area contributed by atoms with Crippen LogP contribution in [0.4, 0.5) is 24.1 Å². The van der Waals surface area contributed by atoms with Crippen LogP contribution in [0.2, 0.25) is 0 Å². The van der Waals surface area contributed by atoms with Crippen LogP contribution in [0.5, 0.6) is 0 Å². The number of rotatable bonds is 4. The van der Waals surface area contributed by atoms with E-state index in [1.165, 1.54) is 12.3 Å². The Morgan fingerprint density at radius 1 is 1.25 bits per heavy atom. The molecular weight excluding hydrogens is 391 g/mol. The van der Waals surface area contributed by atoms with E-state index >= 15 is 0 Å². The number of halogens is 3. The zero-order valence-electron chi connectivity index (χ0n) is 14.5. The molecule has 2 aromatic heterocycles. The lowest BCUT2D eigenvalue weighted by molar-refractivity contribution is -0.137. The summed E-state index contributed by atoms with van der Waals surface area (Å²) in [6, 6.07) is 6.72. The highest BCUT2D eigenvalue weighted by atomic mass is 32.1. The van der Waals surface area contributed by atoms with Crippen LogP contribution >= 0.6 is 11.3 Å². The van der Waals surface area contributed by atoms with Gasteiger partial charge in [0.15, 0.2) is 5.13 Å². The van der Waals surface area contributed by atoms with Crippen molar-refractivity contribution in [2.45, 2.75) is 18.6 Å². The van der Waals surface area contributed by atoms with Gasteiger partial charge < -0.3 is 16.0 Å². The molecule has 1 saturated heterocycles. The second-order valence-corrected chi connectivity index (χ2v) is 7.45. The fraction of sp³-hybridized carbons (Fsp3) is 0.278. The topological polar surface area (TPSA) is 78.9 Å². The highest BCUT2D eigenvalue weighted by molar-refractivity contribution is 7.22. The Hall–Kier alpha value is -2.72. The minimum absolute atomic E-state index is 0.101. The molecule has 1 unspecified atom stereocenters. The number of amides is 1. The number of carbonyl (C=O) groups is 1. The van der Waals surface area contributed by atoms with E-state index in [0.29, 0.717) is 26.7 Å². The van der Waals surface area contributed by atoms with Crippen LogP contribution in [0.1, 0.15) is 22.3 Å². The summed E-state index contributed by atoms with van der Waals surface area (Å²) in [4.78, 5) is 20.8. The number of fused-ring (bicyclic) bond motifs is 1. The molecule has 146 valence electrons. The third-order valence-electron chi connectivity index (χ3n) is 4.37. The first-order chi connectivity index (χ1) is 13.4. The van der Waals surface area contributed by atoms with Gasteiger partial charge in [-0.05, 0) is 43.3 Å². The van der Waals surface area contributed by atoms with E-state index in [9.17, 15) is 18.0 Å². The van der Waals surface area contributed by atoms with Crippen molar-refractivity contribution in [3.8, 4) is 0 Å². The van der Waals surface area contributed by atoms with Gasteiger partial charge >= 0.3 is 6.18 Å². The second kappa shape index (κ2) is 7.36. The standard InChI is InChI=1S/C18H16F3N5OS/c19-18(20,21)11-1-2-13-14(8-11)28-17(25-13)26-15-7-10(3-6-23-15)16(27)24-12-4-5-22-9-12/h1-3,6-8,12,22H,4-5,9H2,(H,24,27)(H,23,25,26). The van der Waals surface area contributed by atoms with Gasteiger partial charge in [0.25, 0.3) is 5.91 Å². The summed E-state index contributed by atoms with van der Waals surface area (Å²) in [6.45, 7) is 1.62. The van der Waals surface area contributed by atoms with Gasteiger partial charge in [0.05, 0.1) is 15.8 Å². The fourth-order valence-corrected chi connectivity index (χ4v) is 3.86. The Balaban J connectivity index is 1.51. The van der Waals surface area contributed by atoms with E-state index in [4.69, 9.17) is 0 Å². The summed E-state index contributed by atoms with van der Waals surface area (Å²) in [5, 5.41) is 9.50. The SMILES string of the molecule is O=C(NC1CCNC1)c1ccnc(Nc2nc3ccc(C(F)(F)F)cc3s2)c1. The van der Waals surface area contributed by atoms with Crippen LogP contribution < -0.4 is 16.0 Å². The molecule has 1 aliphatic heterocycles. The lowest BCUT2D eigenvalue weighted by Gasteiger charge is -2.11. The van der Waals surface area contributed by atoms with E-state index in [2.05, 4.69) is 25.9 Å². The molecule has 1 fully saturated rings. The van der Waals surface area contributed by atoms with E-state index < -0.39 is 11.7 Å². The van der Waals surface area contributed by atoms with E-state index in [1.54, 1.807) is 12.1 Å². The number of nitrogens with one attached hydrogen (secondary N) is 3. The van der Waals surface area contributed by atoms with Crippen LogP contribution in [-0.4, -0.2) is 35.0 Å². The number of hydrogen-bond acceptors (Lipinski definition) is 6. The average molecular weight is 407 g/mol. The number of pyridine rings is 1. The number of benzene rings is 1. The summed E-state index contributed by atoms with van der Waals surface area (Å²) in [5.41, 5.74) is 0.196. The Kier molecular flexibility index (Phi) is 4.90. The van der Waals surface area contributed by atoms with E-state index in [0.717, 1.165) is 43.0 Å². The first-order valence-corrected chi connectivity index (χ1v) is 9.42. The lowest BCUT2D eigenvalue weighted by atomic mass is 10.2. The van der Waals surface area contributed by atoms with Gasteiger partial charge in [0.2, 0.25) is 0 Å². The number of carbonyl (C=O) groups excluding carboxylic acids is 1. The molecule has 0 radical (unpaired) electrons. The maximum Gasteiger partial charge on any atom is 0.416 e. The van der Waals surface area contributed by atoms with Crippen LogP contribution in [0.3, 0.4) is 0 Å². The molecule has 3 heterocycles. The highest BCUT2D eigenvalue weighted by Gasteiger charge is 2.30. The Labute approximate surface area is 162 Å². The molecule has 0 spiro atoms. The molecule has 0 bridgehead atoms. The lowest BCUT2D eigenvalue weighted by Crippen LogP contribution is -2.36. The van der Waals surface area contributed by atoms with Crippen LogP contribution in [0, 0.1) is 0 Å². The summed E-state index contributed by atoms with van der Waals surface area (Å²) in [5.74, 6) is 0.200. The molecule has 1 atom stereocenters. The third kappa shape index (κ3) is 4.07. The van der Waals surface area contributed by atoms with Crippen molar-refractivity contribution in [2.24, 2.45) is 0 Å². The zero-order valence-corrected chi connectivity index (χ0v) is 15.3. The number of aromatic nitrogens is 2. The van der Waals surface area contributed by atoms with Crippen molar-refractivity contribution in [3.63, 3.8) is 0 Å². The first-order valence-electron chi connectivity index (χ1n) is 8.61. The zero-order chi connectivity index (χ0) is 19.7.